The molecule has 11 heteroatoms. The molecule has 0 spiro atoms. The van der Waals surface area contributed by atoms with Crippen LogP contribution in [0.15, 0.2) is 36.5 Å². The number of aliphatic hydroxyl groups excluding tert-OH is 5. The van der Waals surface area contributed by atoms with E-state index in [1.54, 1.807) is 6.08 Å². The Bertz CT molecular complexity index is 1420. The van der Waals surface area contributed by atoms with Gasteiger partial charge in [0.2, 0.25) is 5.91 Å². The van der Waals surface area contributed by atoms with E-state index in [-0.39, 0.29) is 13.0 Å². The first-order valence-electron chi connectivity index (χ1n) is 33.8. The molecule has 8 atom stereocenters. The van der Waals surface area contributed by atoms with E-state index in [4.69, 9.17) is 14.2 Å². The molecule has 1 aliphatic heterocycles. The van der Waals surface area contributed by atoms with Crippen molar-refractivity contribution in [1.29, 1.82) is 0 Å². The van der Waals surface area contributed by atoms with E-state index in [1.165, 1.54) is 212 Å². The van der Waals surface area contributed by atoms with Crippen molar-refractivity contribution < 1.29 is 49.3 Å². The number of hydrogen-bond acceptors (Lipinski definition) is 10. The van der Waals surface area contributed by atoms with Gasteiger partial charge in [-0.1, -0.05) is 295 Å². The lowest BCUT2D eigenvalue weighted by atomic mass is 9.99. The number of hydrogen-bond donors (Lipinski definition) is 6. The van der Waals surface area contributed by atoms with Crippen LogP contribution >= 0.6 is 0 Å². The summed E-state index contributed by atoms with van der Waals surface area (Å²) in [6.07, 6.45) is 57.5. The Morgan fingerprint density at radius 3 is 1.32 bits per heavy atom. The van der Waals surface area contributed by atoms with E-state index in [1.807, 2.05) is 6.08 Å². The van der Waals surface area contributed by atoms with E-state index in [2.05, 4.69) is 50.4 Å². The molecule has 0 saturated carbocycles. The molecule has 1 fully saturated rings. The number of amides is 1. The minimum Gasteiger partial charge on any atom is -0.454 e. The van der Waals surface area contributed by atoms with Gasteiger partial charge in [0.25, 0.3) is 0 Å². The number of carbonyl (C=O) groups excluding carboxylic acids is 2. The van der Waals surface area contributed by atoms with Crippen molar-refractivity contribution in [3.8, 4) is 0 Å². The maximum Gasteiger partial charge on any atom is 0.306 e. The zero-order valence-corrected chi connectivity index (χ0v) is 51.5. The Balaban J connectivity index is 2.60. The molecule has 0 aromatic carbocycles. The summed E-state index contributed by atoms with van der Waals surface area (Å²) in [6, 6.07) is -1.02. The summed E-state index contributed by atoms with van der Waals surface area (Å²) in [5.74, 6) is -1.18. The first-order valence-corrected chi connectivity index (χ1v) is 33.8. The summed E-state index contributed by atoms with van der Waals surface area (Å²) in [5, 5.41) is 57.1. The average Bonchev–Trinajstić information content (AvgIpc) is 3.50. The predicted molar refractivity (Wildman–Crippen MR) is 329 cm³/mol. The van der Waals surface area contributed by atoms with E-state index >= 15 is 0 Å². The van der Waals surface area contributed by atoms with E-state index < -0.39 is 67.4 Å². The fourth-order valence-corrected chi connectivity index (χ4v) is 10.7. The molecule has 0 aromatic heterocycles. The van der Waals surface area contributed by atoms with Gasteiger partial charge in [0.15, 0.2) is 12.4 Å². The SMILES string of the molecule is CCCCC/C=C\C/C=C\CCCCCCCCCCCCCCCC(=O)OC1C(OCC(NC(=O)C(O)CCCCCCCCCCCCCCCC)C(O)/C=C/CCCCCCCCCCCCC)OC(CO)C(O)C1O. The monoisotopic (exact) mass is 1120 g/mol. The maximum atomic E-state index is 13.4. The van der Waals surface area contributed by atoms with Crippen LogP contribution in [0.5, 0.6) is 0 Å². The number of allylic oxidation sites excluding steroid dienone is 5. The highest BCUT2D eigenvalue weighted by Gasteiger charge is 2.47. The Morgan fingerprint density at radius 2 is 0.873 bits per heavy atom. The van der Waals surface area contributed by atoms with Crippen LogP contribution in [0.4, 0.5) is 0 Å². The number of ether oxygens (including phenoxy) is 3. The molecule has 8 unspecified atom stereocenters. The van der Waals surface area contributed by atoms with Crippen LogP contribution in [-0.4, -0.2) is 99.6 Å². The normalized spacial score (nSPS) is 19.0. The van der Waals surface area contributed by atoms with Crippen LogP contribution in [0.3, 0.4) is 0 Å². The minimum atomic E-state index is -1.61. The third-order valence-corrected chi connectivity index (χ3v) is 16.0. The van der Waals surface area contributed by atoms with E-state index in [0.29, 0.717) is 19.3 Å². The van der Waals surface area contributed by atoms with Gasteiger partial charge in [-0.25, -0.2) is 0 Å². The van der Waals surface area contributed by atoms with Crippen LogP contribution in [0, 0.1) is 0 Å². The first kappa shape index (κ1) is 74.9. The van der Waals surface area contributed by atoms with E-state index in [9.17, 15) is 35.1 Å². The lowest BCUT2D eigenvalue weighted by molar-refractivity contribution is -0.305. The van der Waals surface area contributed by atoms with Gasteiger partial charge in [0.05, 0.1) is 25.4 Å². The molecular weight excluding hydrogens is 991 g/mol. The molecule has 1 amide bonds. The Labute approximate surface area is 485 Å². The van der Waals surface area contributed by atoms with Gasteiger partial charge >= 0.3 is 5.97 Å². The van der Waals surface area contributed by atoms with Crippen LogP contribution in [0.2, 0.25) is 0 Å². The topological polar surface area (TPSA) is 175 Å². The highest BCUT2D eigenvalue weighted by atomic mass is 16.7. The van der Waals surface area contributed by atoms with Crippen molar-refractivity contribution in [3.63, 3.8) is 0 Å². The molecule has 1 saturated heterocycles. The summed E-state index contributed by atoms with van der Waals surface area (Å²) < 4.78 is 17.7. The standard InChI is InChI=1S/C68H127NO10/c1-4-7-10-13-16-19-22-25-27-28-29-30-31-32-33-34-35-38-41-44-47-50-53-56-63(73)79-66-65(75)64(74)62(57-70)78-68(66)77-58-59(60(71)54-51-48-45-42-39-36-24-21-18-15-12-9-6-3)69-67(76)61(72)55-52-49-46-43-40-37-26-23-20-17-14-11-8-5-2/h16,19,25,27,51,54,59-62,64-66,68,70-72,74-75H,4-15,17-18,20-24,26,28-50,52-53,55-58H2,1-3H3,(H,69,76)/b19-16-,27-25-,54-51+. The molecule has 79 heavy (non-hydrogen) atoms. The number of nitrogens with one attached hydrogen (secondary N) is 1. The Morgan fingerprint density at radius 1 is 0.494 bits per heavy atom. The second-order valence-corrected chi connectivity index (χ2v) is 23.6. The number of esters is 1. The lowest BCUT2D eigenvalue weighted by Gasteiger charge is -2.41. The third-order valence-electron chi connectivity index (χ3n) is 16.0. The largest absolute Gasteiger partial charge is 0.454 e. The summed E-state index contributed by atoms with van der Waals surface area (Å²) in [5.41, 5.74) is 0. The van der Waals surface area contributed by atoms with Crippen LogP contribution in [0.25, 0.3) is 0 Å². The third kappa shape index (κ3) is 44.1. The van der Waals surface area contributed by atoms with Gasteiger partial charge in [0.1, 0.15) is 24.4 Å². The summed E-state index contributed by atoms with van der Waals surface area (Å²) >= 11 is 0. The van der Waals surface area contributed by atoms with Crippen LogP contribution in [0.1, 0.15) is 323 Å². The number of rotatable bonds is 58. The van der Waals surface area contributed by atoms with Gasteiger partial charge in [-0.3, -0.25) is 9.59 Å². The molecule has 1 heterocycles. The second kappa shape index (κ2) is 56.4. The Hall–Kier alpha value is -2.12. The number of unbranched alkanes of at least 4 members (excludes halogenated alkanes) is 40. The van der Waals surface area contributed by atoms with Crippen LogP contribution < -0.4 is 5.32 Å². The number of aliphatic hydroxyl groups is 5. The minimum absolute atomic E-state index is 0.126. The van der Waals surface area contributed by atoms with Crippen molar-refractivity contribution in [1.82, 2.24) is 5.32 Å². The summed E-state index contributed by atoms with van der Waals surface area (Å²) in [7, 11) is 0. The average molecular weight is 1120 g/mol. The zero-order chi connectivity index (χ0) is 57.5. The number of carbonyl (C=O) groups is 2. The van der Waals surface area contributed by atoms with Gasteiger partial charge in [0, 0.05) is 6.42 Å². The molecular formula is C68H127NO10. The molecule has 6 N–H and O–H groups in total. The van der Waals surface area contributed by atoms with Crippen molar-refractivity contribution in [2.75, 3.05) is 13.2 Å². The molecule has 11 nitrogen and oxygen atoms in total. The molecule has 1 aliphatic rings. The second-order valence-electron chi connectivity index (χ2n) is 23.6. The summed E-state index contributed by atoms with van der Waals surface area (Å²) in [4.78, 5) is 26.6. The molecule has 0 bridgehead atoms. The molecule has 0 aliphatic carbocycles. The molecule has 0 aromatic rings. The van der Waals surface area contributed by atoms with E-state index in [0.717, 1.165) is 64.2 Å². The highest BCUT2D eigenvalue weighted by molar-refractivity contribution is 5.80. The van der Waals surface area contributed by atoms with Crippen LogP contribution in [-0.2, 0) is 23.8 Å². The van der Waals surface area contributed by atoms with Gasteiger partial charge in [-0.05, 0) is 57.8 Å². The van der Waals surface area contributed by atoms with Crippen molar-refractivity contribution in [3.05, 3.63) is 36.5 Å². The zero-order valence-electron chi connectivity index (χ0n) is 51.5. The lowest BCUT2D eigenvalue weighted by Crippen LogP contribution is -2.61. The first-order chi connectivity index (χ1) is 38.7. The van der Waals surface area contributed by atoms with Gasteiger partial charge in [-0.15, -0.1) is 0 Å². The molecule has 464 valence electrons. The maximum absolute atomic E-state index is 13.4. The van der Waals surface area contributed by atoms with Gasteiger partial charge in [-0.2, -0.15) is 0 Å². The van der Waals surface area contributed by atoms with Crippen molar-refractivity contribution in [2.45, 2.75) is 372 Å². The predicted octanol–water partition coefficient (Wildman–Crippen LogP) is 16.6. The highest BCUT2D eigenvalue weighted by Crippen LogP contribution is 2.26. The molecule has 0 radical (unpaired) electrons. The quantitative estimate of drug-likeness (QED) is 0.0195. The van der Waals surface area contributed by atoms with Crippen molar-refractivity contribution in [2.24, 2.45) is 0 Å². The van der Waals surface area contributed by atoms with Crippen molar-refractivity contribution >= 4 is 11.9 Å². The molecule has 1 rings (SSSR count). The smallest absolute Gasteiger partial charge is 0.306 e. The summed E-state index contributed by atoms with van der Waals surface area (Å²) in [6.45, 7) is 5.80. The fourth-order valence-electron chi connectivity index (χ4n) is 10.7. The van der Waals surface area contributed by atoms with Gasteiger partial charge < -0.3 is 45.1 Å². The Kier molecular flexibility index (Phi) is 53.4. The fraction of sp³-hybridized carbons (Fsp3) is 0.882.